The highest BCUT2D eigenvalue weighted by Gasteiger charge is 2.13. The Morgan fingerprint density at radius 1 is 1.57 bits per heavy atom. The lowest BCUT2D eigenvalue weighted by Gasteiger charge is -2.07. The van der Waals surface area contributed by atoms with E-state index in [0.29, 0.717) is 5.56 Å². The fraction of sp³-hybridized carbons (Fsp3) is 0.273. The second kappa shape index (κ2) is 3.93. The third-order valence-corrected chi connectivity index (χ3v) is 2.24. The molecule has 0 heterocycles. The fourth-order valence-electron chi connectivity index (χ4n) is 1.22. The van der Waals surface area contributed by atoms with Crippen molar-refractivity contribution in [1.29, 1.82) is 5.26 Å². The van der Waals surface area contributed by atoms with Crippen LogP contribution in [-0.2, 0) is 4.79 Å². The number of nitriles is 1. The van der Waals surface area contributed by atoms with Gasteiger partial charge in [0, 0.05) is 0 Å². The zero-order valence-electron chi connectivity index (χ0n) is 8.11. The Labute approximate surface area is 82.6 Å². The summed E-state index contributed by atoms with van der Waals surface area (Å²) in [7, 11) is 0. The van der Waals surface area contributed by atoms with E-state index < -0.39 is 11.9 Å². The van der Waals surface area contributed by atoms with Gasteiger partial charge in [0.25, 0.3) is 0 Å². The van der Waals surface area contributed by atoms with Crippen molar-refractivity contribution >= 4 is 5.97 Å². The number of benzene rings is 1. The summed E-state index contributed by atoms with van der Waals surface area (Å²) in [5.41, 5.74) is 2.14. The van der Waals surface area contributed by atoms with Crippen LogP contribution in [0.3, 0.4) is 0 Å². The maximum Gasteiger partial charge on any atom is 0.310 e. The number of hydrogen-bond donors (Lipinski definition) is 1. The monoisotopic (exact) mass is 189 g/mol. The van der Waals surface area contributed by atoms with E-state index in [4.69, 9.17) is 10.4 Å². The normalized spacial score (nSPS) is 11.8. The van der Waals surface area contributed by atoms with Crippen LogP contribution in [0.25, 0.3) is 0 Å². The topological polar surface area (TPSA) is 61.1 Å². The van der Waals surface area contributed by atoms with Crippen molar-refractivity contribution in [3.8, 4) is 6.07 Å². The van der Waals surface area contributed by atoms with Crippen LogP contribution in [0.4, 0.5) is 0 Å². The van der Waals surface area contributed by atoms with Gasteiger partial charge < -0.3 is 5.11 Å². The summed E-state index contributed by atoms with van der Waals surface area (Å²) in [5.74, 6) is -1.38. The molecule has 0 amide bonds. The van der Waals surface area contributed by atoms with Crippen molar-refractivity contribution in [2.45, 2.75) is 19.8 Å². The Hall–Kier alpha value is -1.82. The SMILES string of the molecule is Cc1cc(C(C)C(=O)O)ccc1C#N. The Bertz CT molecular complexity index is 404. The van der Waals surface area contributed by atoms with E-state index in [1.165, 1.54) is 0 Å². The van der Waals surface area contributed by atoms with Crippen LogP contribution in [0.1, 0.15) is 29.5 Å². The number of aryl methyl sites for hydroxylation is 1. The van der Waals surface area contributed by atoms with Crippen molar-refractivity contribution in [3.05, 3.63) is 34.9 Å². The fourth-order valence-corrected chi connectivity index (χ4v) is 1.22. The Morgan fingerprint density at radius 2 is 2.21 bits per heavy atom. The van der Waals surface area contributed by atoms with Crippen LogP contribution in [0.2, 0.25) is 0 Å². The largest absolute Gasteiger partial charge is 0.481 e. The molecule has 1 N–H and O–H groups in total. The van der Waals surface area contributed by atoms with Gasteiger partial charge >= 0.3 is 5.97 Å². The molecule has 0 saturated heterocycles. The lowest BCUT2D eigenvalue weighted by Crippen LogP contribution is -2.07. The number of aliphatic carboxylic acids is 1. The van der Waals surface area contributed by atoms with E-state index in [-0.39, 0.29) is 0 Å². The summed E-state index contributed by atoms with van der Waals surface area (Å²) >= 11 is 0. The summed E-state index contributed by atoms with van der Waals surface area (Å²) < 4.78 is 0. The molecule has 0 spiro atoms. The number of carboxylic acid groups (broad SMARTS) is 1. The maximum atomic E-state index is 10.7. The first-order valence-corrected chi connectivity index (χ1v) is 4.29. The highest BCUT2D eigenvalue weighted by molar-refractivity contribution is 5.75. The van der Waals surface area contributed by atoms with Crippen LogP contribution in [0.5, 0.6) is 0 Å². The van der Waals surface area contributed by atoms with Crippen molar-refractivity contribution in [1.82, 2.24) is 0 Å². The third-order valence-electron chi connectivity index (χ3n) is 2.24. The van der Waals surface area contributed by atoms with Crippen LogP contribution in [0.15, 0.2) is 18.2 Å². The molecule has 0 bridgehead atoms. The first-order valence-electron chi connectivity index (χ1n) is 4.29. The second-order valence-electron chi connectivity index (χ2n) is 3.25. The number of carboxylic acids is 1. The molecule has 3 nitrogen and oxygen atoms in total. The van der Waals surface area contributed by atoms with Gasteiger partial charge in [-0.1, -0.05) is 12.1 Å². The molecule has 72 valence electrons. The molecule has 0 saturated carbocycles. The molecule has 1 aromatic carbocycles. The first kappa shape index (κ1) is 10.3. The minimum Gasteiger partial charge on any atom is -0.481 e. The highest BCUT2D eigenvalue weighted by Crippen LogP contribution is 2.18. The molecule has 1 rings (SSSR count). The molecule has 0 fully saturated rings. The van der Waals surface area contributed by atoms with E-state index >= 15 is 0 Å². The summed E-state index contributed by atoms with van der Waals surface area (Å²) in [4.78, 5) is 10.7. The molecule has 1 unspecified atom stereocenters. The molecule has 1 atom stereocenters. The predicted octanol–water partition coefficient (Wildman–Crippen LogP) is 2.05. The van der Waals surface area contributed by atoms with Crippen LogP contribution in [-0.4, -0.2) is 11.1 Å². The third kappa shape index (κ3) is 1.91. The van der Waals surface area contributed by atoms with Gasteiger partial charge in [-0.15, -0.1) is 0 Å². The quantitative estimate of drug-likeness (QED) is 0.774. The summed E-state index contributed by atoms with van der Waals surface area (Å²) in [6, 6.07) is 7.13. The van der Waals surface area contributed by atoms with Crippen LogP contribution >= 0.6 is 0 Å². The van der Waals surface area contributed by atoms with Crippen LogP contribution in [0, 0.1) is 18.3 Å². The Balaban J connectivity index is 3.10. The van der Waals surface area contributed by atoms with Gasteiger partial charge in [-0.05, 0) is 31.0 Å². The zero-order chi connectivity index (χ0) is 10.7. The standard InChI is InChI=1S/C11H11NO2/c1-7-5-9(8(2)11(13)14)3-4-10(7)6-12/h3-5,8H,1-2H3,(H,13,14). The first-order chi connectivity index (χ1) is 6.56. The van der Waals surface area contributed by atoms with Gasteiger partial charge in [-0.2, -0.15) is 5.26 Å². The van der Waals surface area contributed by atoms with Gasteiger partial charge in [0.2, 0.25) is 0 Å². The molecule has 0 radical (unpaired) electrons. The molecule has 0 aromatic heterocycles. The van der Waals surface area contributed by atoms with Gasteiger partial charge in [0.05, 0.1) is 17.6 Å². The van der Waals surface area contributed by atoms with E-state index in [0.717, 1.165) is 11.1 Å². The minimum absolute atomic E-state index is 0.526. The summed E-state index contributed by atoms with van der Waals surface area (Å²) in [5, 5.41) is 17.5. The molecule has 3 heteroatoms. The summed E-state index contributed by atoms with van der Waals surface area (Å²) in [6.07, 6.45) is 0. The van der Waals surface area contributed by atoms with Crippen molar-refractivity contribution in [2.75, 3.05) is 0 Å². The minimum atomic E-state index is -0.853. The van der Waals surface area contributed by atoms with Crippen molar-refractivity contribution in [2.24, 2.45) is 0 Å². The number of hydrogen-bond acceptors (Lipinski definition) is 2. The maximum absolute atomic E-state index is 10.7. The van der Waals surface area contributed by atoms with E-state index in [1.807, 2.05) is 6.07 Å². The summed E-state index contributed by atoms with van der Waals surface area (Å²) in [6.45, 7) is 3.43. The molecule has 0 aliphatic rings. The van der Waals surface area contributed by atoms with Gasteiger partial charge in [-0.25, -0.2) is 0 Å². The predicted molar refractivity (Wildman–Crippen MR) is 51.9 cm³/mol. The van der Waals surface area contributed by atoms with Gasteiger partial charge in [0.1, 0.15) is 0 Å². The Morgan fingerprint density at radius 3 is 2.64 bits per heavy atom. The van der Waals surface area contributed by atoms with Crippen LogP contribution < -0.4 is 0 Å². The van der Waals surface area contributed by atoms with E-state index in [2.05, 4.69) is 0 Å². The molecule has 0 aliphatic heterocycles. The molecule has 1 aromatic rings. The smallest absolute Gasteiger partial charge is 0.310 e. The van der Waals surface area contributed by atoms with E-state index in [1.54, 1.807) is 32.0 Å². The number of nitrogens with zero attached hydrogens (tertiary/aromatic N) is 1. The van der Waals surface area contributed by atoms with Gasteiger partial charge in [0.15, 0.2) is 0 Å². The number of carbonyl (C=O) groups is 1. The van der Waals surface area contributed by atoms with Gasteiger partial charge in [-0.3, -0.25) is 4.79 Å². The lowest BCUT2D eigenvalue weighted by atomic mass is 9.97. The molecular formula is C11H11NO2. The van der Waals surface area contributed by atoms with Crippen molar-refractivity contribution in [3.63, 3.8) is 0 Å². The highest BCUT2D eigenvalue weighted by atomic mass is 16.4. The molecule has 14 heavy (non-hydrogen) atoms. The zero-order valence-corrected chi connectivity index (χ0v) is 8.11. The number of rotatable bonds is 2. The second-order valence-corrected chi connectivity index (χ2v) is 3.25. The molecular weight excluding hydrogens is 178 g/mol. The Kier molecular flexibility index (Phi) is 2.88. The average molecular weight is 189 g/mol. The van der Waals surface area contributed by atoms with E-state index in [9.17, 15) is 4.79 Å². The average Bonchev–Trinajstić information content (AvgIpc) is 2.16. The van der Waals surface area contributed by atoms with Crippen molar-refractivity contribution < 1.29 is 9.90 Å². The molecule has 0 aliphatic carbocycles. The lowest BCUT2D eigenvalue weighted by molar-refractivity contribution is -0.138.